The summed E-state index contributed by atoms with van der Waals surface area (Å²) in [5.74, 6) is -1.28. The van der Waals surface area contributed by atoms with Gasteiger partial charge in [-0.3, -0.25) is 9.48 Å². The lowest BCUT2D eigenvalue weighted by Crippen LogP contribution is -2.26. The van der Waals surface area contributed by atoms with Gasteiger partial charge in [-0.1, -0.05) is 6.07 Å². The molecule has 1 aromatic heterocycles. The van der Waals surface area contributed by atoms with Crippen molar-refractivity contribution in [2.75, 3.05) is 5.32 Å². The Balaban J connectivity index is 2.23. The predicted octanol–water partition coefficient (Wildman–Crippen LogP) is 3.86. The number of nitrogens with zero attached hydrogens (tertiary/aromatic N) is 2. The standard InChI is InChI=1S/C15H15F4N3O/c1-8-4-5-11(16)12(6-8)20-14(23)10(3)22-9(2)7-13(21-22)15(17,18)19/h4-7,10H,1-3H3,(H,20,23). The topological polar surface area (TPSA) is 46.9 Å². The summed E-state index contributed by atoms with van der Waals surface area (Å²) in [5, 5.41) is 5.79. The van der Waals surface area contributed by atoms with Crippen LogP contribution in [0.25, 0.3) is 0 Å². The largest absolute Gasteiger partial charge is 0.435 e. The van der Waals surface area contributed by atoms with Crippen LogP contribution in [-0.4, -0.2) is 15.7 Å². The molecule has 4 nitrogen and oxygen atoms in total. The first-order valence-corrected chi connectivity index (χ1v) is 6.80. The molecule has 1 unspecified atom stereocenters. The van der Waals surface area contributed by atoms with Crippen LogP contribution >= 0.6 is 0 Å². The summed E-state index contributed by atoms with van der Waals surface area (Å²) in [7, 11) is 0. The fraction of sp³-hybridized carbons (Fsp3) is 0.333. The normalized spacial score (nSPS) is 13.0. The molecule has 124 valence electrons. The summed E-state index contributed by atoms with van der Waals surface area (Å²) in [5.41, 5.74) is -0.173. The van der Waals surface area contributed by atoms with Gasteiger partial charge in [0.2, 0.25) is 5.91 Å². The van der Waals surface area contributed by atoms with Gasteiger partial charge in [-0.2, -0.15) is 18.3 Å². The monoisotopic (exact) mass is 329 g/mol. The Kier molecular flexibility index (Phi) is 4.44. The zero-order valence-electron chi connectivity index (χ0n) is 12.7. The number of hydrogen-bond acceptors (Lipinski definition) is 2. The number of carbonyl (C=O) groups is 1. The van der Waals surface area contributed by atoms with Gasteiger partial charge in [-0.05, 0) is 44.5 Å². The fourth-order valence-electron chi connectivity index (χ4n) is 2.10. The van der Waals surface area contributed by atoms with E-state index in [1.807, 2.05) is 0 Å². The molecule has 1 N–H and O–H groups in total. The number of amides is 1. The second-order valence-corrected chi connectivity index (χ2v) is 5.26. The quantitative estimate of drug-likeness (QED) is 0.869. The average Bonchev–Trinajstić information content (AvgIpc) is 2.84. The smallest absolute Gasteiger partial charge is 0.322 e. The second kappa shape index (κ2) is 6.02. The van der Waals surface area contributed by atoms with Gasteiger partial charge in [-0.25, -0.2) is 4.39 Å². The molecule has 0 fully saturated rings. The minimum Gasteiger partial charge on any atom is -0.322 e. The number of carbonyl (C=O) groups excluding carboxylic acids is 1. The van der Waals surface area contributed by atoms with E-state index in [0.29, 0.717) is 0 Å². The number of nitrogens with one attached hydrogen (secondary N) is 1. The lowest BCUT2D eigenvalue weighted by molar-refractivity contribution is -0.141. The van der Waals surface area contributed by atoms with Crippen LogP contribution in [0, 0.1) is 19.7 Å². The van der Waals surface area contributed by atoms with E-state index in [9.17, 15) is 22.4 Å². The summed E-state index contributed by atoms with van der Waals surface area (Å²) in [6.45, 7) is 4.54. The van der Waals surface area contributed by atoms with Crippen LogP contribution in [0.3, 0.4) is 0 Å². The van der Waals surface area contributed by atoms with Crippen molar-refractivity contribution in [2.45, 2.75) is 33.0 Å². The van der Waals surface area contributed by atoms with Crippen LogP contribution in [0.2, 0.25) is 0 Å². The SMILES string of the molecule is Cc1ccc(F)c(NC(=O)C(C)n2nc(C(F)(F)F)cc2C)c1. The molecule has 23 heavy (non-hydrogen) atoms. The van der Waals surface area contributed by atoms with Crippen LogP contribution in [0.4, 0.5) is 23.2 Å². The van der Waals surface area contributed by atoms with Gasteiger partial charge >= 0.3 is 6.18 Å². The lowest BCUT2D eigenvalue weighted by atomic mass is 10.2. The minimum atomic E-state index is -4.59. The first kappa shape index (κ1) is 17.0. The van der Waals surface area contributed by atoms with Crippen LogP contribution in [-0.2, 0) is 11.0 Å². The summed E-state index contributed by atoms with van der Waals surface area (Å²) >= 11 is 0. The van der Waals surface area contributed by atoms with Crippen molar-refractivity contribution in [1.29, 1.82) is 0 Å². The van der Waals surface area contributed by atoms with E-state index in [0.717, 1.165) is 16.3 Å². The van der Waals surface area contributed by atoms with Gasteiger partial charge in [0.25, 0.3) is 0 Å². The van der Waals surface area contributed by atoms with Crippen molar-refractivity contribution in [3.63, 3.8) is 0 Å². The average molecular weight is 329 g/mol. The number of hydrogen-bond donors (Lipinski definition) is 1. The predicted molar refractivity (Wildman–Crippen MR) is 76.4 cm³/mol. The fourth-order valence-corrected chi connectivity index (χ4v) is 2.10. The molecule has 0 aliphatic rings. The molecule has 0 radical (unpaired) electrons. The number of alkyl halides is 3. The van der Waals surface area contributed by atoms with Gasteiger partial charge in [0.05, 0.1) is 5.69 Å². The first-order valence-electron chi connectivity index (χ1n) is 6.80. The third-order valence-corrected chi connectivity index (χ3v) is 3.34. The molecule has 0 aliphatic heterocycles. The van der Waals surface area contributed by atoms with E-state index in [1.165, 1.54) is 26.0 Å². The van der Waals surface area contributed by atoms with Gasteiger partial charge in [0.1, 0.15) is 11.9 Å². The highest BCUT2D eigenvalue weighted by molar-refractivity contribution is 5.93. The molecule has 0 aliphatic carbocycles. The van der Waals surface area contributed by atoms with Crippen molar-refractivity contribution in [3.05, 3.63) is 47.0 Å². The molecule has 1 atom stereocenters. The summed E-state index contributed by atoms with van der Waals surface area (Å²) in [6, 6.07) is 4.03. The molecule has 2 rings (SSSR count). The molecule has 1 amide bonds. The van der Waals surface area contributed by atoms with Crippen molar-refractivity contribution in [3.8, 4) is 0 Å². The zero-order valence-corrected chi connectivity index (χ0v) is 12.7. The summed E-state index contributed by atoms with van der Waals surface area (Å²) < 4.78 is 52.6. The van der Waals surface area contributed by atoms with Gasteiger partial charge in [0, 0.05) is 5.69 Å². The number of halogens is 4. The molecule has 1 aromatic carbocycles. The summed E-state index contributed by atoms with van der Waals surface area (Å²) in [4.78, 5) is 12.2. The zero-order chi connectivity index (χ0) is 17.4. The third kappa shape index (κ3) is 3.69. The molecule has 2 aromatic rings. The Morgan fingerprint density at radius 2 is 1.91 bits per heavy atom. The lowest BCUT2D eigenvalue weighted by Gasteiger charge is -2.15. The number of benzene rings is 1. The van der Waals surface area contributed by atoms with Gasteiger partial charge < -0.3 is 5.32 Å². The van der Waals surface area contributed by atoms with E-state index in [-0.39, 0.29) is 11.4 Å². The van der Waals surface area contributed by atoms with Crippen LogP contribution < -0.4 is 5.32 Å². The maximum Gasteiger partial charge on any atom is 0.435 e. The number of rotatable bonds is 3. The molecular formula is C15H15F4N3O. The van der Waals surface area contributed by atoms with Crippen molar-refractivity contribution in [1.82, 2.24) is 9.78 Å². The molecule has 0 saturated heterocycles. The van der Waals surface area contributed by atoms with Crippen LogP contribution in [0.15, 0.2) is 24.3 Å². The number of aryl methyl sites for hydroxylation is 2. The Bertz CT molecular complexity index is 737. The van der Waals surface area contributed by atoms with E-state index < -0.39 is 29.6 Å². The maximum absolute atomic E-state index is 13.6. The van der Waals surface area contributed by atoms with E-state index >= 15 is 0 Å². The van der Waals surface area contributed by atoms with Crippen LogP contribution in [0.1, 0.15) is 29.9 Å². The minimum absolute atomic E-state index is 0.0253. The molecule has 1 heterocycles. The van der Waals surface area contributed by atoms with Crippen molar-refractivity contribution in [2.24, 2.45) is 0 Å². The first-order chi connectivity index (χ1) is 10.6. The Morgan fingerprint density at radius 1 is 1.26 bits per heavy atom. The van der Waals surface area contributed by atoms with Gasteiger partial charge in [0.15, 0.2) is 5.69 Å². The van der Waals surface area contributed by atoms with Crippen molar-refractivity contribution >= 4 is 11.6 Å². The molecule has 8 heteroatoms. The highest BCUT2D eigenvalue weighted by Crippen LogP contribution is 2.29. The second-order valence-electron chi connectivity index (χ2n) is 5.26. The van der Waals surface area contributed by atoms with Crippen molar-refractivity contribution < 1.29 is 22.4 Å². The molecular weight excluding hydrogens is 314 g/mol. The van der Waals surface area contributed by atoms with Crippen LogP contribution in [0.5, 0.6) is 0 Å². The van der Waals surface area contributed by atoms with Gasteiger partial charge in [-0.15, -0.1) is 0 Å². The molecule has 0 saturated carbocycles. The van der Waals surface area contributed by atoms with E-state index in [2.05, 4.69) is 10.4 Å². The maximum atomic E-state index is 13.6. The molecule has 0 spiro atoms. The summed E-state index contributed by atoms with van der Waals surface area (Å²) in [6.07, 6.45) is -4.59. The number of anilines is 1. The molecule has 0 bridgehead atoms. The Labute approximate surface area is 130 Å². The third-order valence-electron chi connectivity index (χ3n) is 3.34. The van der Waals surface area contributed by atoms with E-state index in [4.69, 9.17) is 0 Å². The highest BCUT2D eigenvalue weighted by atomic mass is 19.4. The Hall–Kier alpha value is -2.38. The highest BCUT2D eigenvalue weighted by Gasteiger charge is 2.35. The Morgan fingerprint density at radius 3 is 2.48 bits per heavy atom. The van der Waals surface area contributed by atoms with E-state index in [1.54, 1.807) is 13.0 Å². The number of aromatic nitrogens is 2.